The summed E-state index contributed by atoms with van der Waals surface area (Å²) >= 11 is 0. The highest BCUT2D eigenvalue weighted by Crippen LogP contribution is 2.29. The van der Waals surface area contributed by atoms with Crippen molar-refractivity contribution < 1.29 is 133 Å². The Hall–Kier alpha value is -6.96. The summed E-state index contributed by atoms with van der Waals surface area (Å²) in [6.07, 6.45) is -23.3. The molecule has 546 valence electrons. The lowest BCUT2D eigenvalue weighted by atomic mass is 9.96. The van der Waals surface area contributed by atoms with Crippen LogP contribution < -0.4 is 53.6 Å². The highest BCUT2D eigenvalue weighted by atomic mass is 16.7. The number of carboxylic acids is 1. The summed E-state index contributed by atoms with van der Waals surface area (Å²) in [6, 6.07) is -18.2. The number of nitrogens with zero attached hydrogens (tertiary/aromatic N) is 2. The first-order valence-electron chi connectivity index (χ1n) is 31.3. The number of aliphatic hydroxyl groups excluding tert-OH is 10. The van der Waals surface area contributed by atoms with Crippen molar-refractivity contribution in [2.24, 2.45) is 11.7 Å². The molecular formula is C57H96N12O27. The third-order valence-electron chi connectivity index (χ3n) is 16.5. The van der Waals surface area contributed by atoms with Crippen molar-refractivity contribution >= 4 is 70.9 Å². The lowest BCUT2D eigenvalue weighted by Gasteiger charge is -2.45. The number of ether oxygens (including phenoxy) is 4. The number of likely N-dealkylation sites (tertiary alicyclic amines) is 2. The van der Waals surface area contributed by atoms with E-state index in [-0.39, 0.29) is 38.8 Å². The van der Waals surface area contributed by atoms with Crippen LogP contribution in [0.5, 0.6) is 0 Å². The van der Waals surface area contributed by atoms with E-state index in [4.69, 9.17) is 24.7 Å². The number of hydrogen-bond donors (Lipinski definition) is 21. The number of nitrogens with two attached hydrogens (primary N) is 1. The first-order valence-corrected chi connectivity index (χ1v) is 31.3. The van der Waals surface area contributed by atoms with E-state index < -0.39 is 249 Å². The van der Waals surface area contributed by atoms with Gasteiger partial charge < -0.3 is 139 Å². The fourth-order valence-corrected chi connectivity index (χ4v) is 11.1. The van der Waals surface area contributed by atoms with Gasteiger partial charge in [0.25, 0.3) is 0 Å². The van der Waals surface area contributed by atoms with Gasteiger partial charge in [-0.2, -0.15) is 0 Å². The summed E-state index contributed by atoms with van der Waals surface area (Å²) < 4.78 is 23.4. The number of hydrogen-bond acceptors (Lipinski definition) is 27. The van der Waals surface area contributed by atoms with E-state index in [2.05, 4.69) is 47.9 Å². The number of nitrogens with one attached hydrogen (secondary N) is 9. The number of rotatable bonds is 32. The number of carboxylic acid groups (broad SMARTS) is 1. The molecule has 0 aromatic rings. The van der Waals surface area contributed by atoms with E-state index >= 15 is 0 Å². The van der Waals surface area contributed by atoms with Crippen LogP contribution in [0.3, 0.4) is 0 Å². The van der Waals surface area contributed by atoms with Crippen LogP contribution in [0.25, 0.3) is 0 Å². The van der Waals surface area contributed by atoms with Crippen molar-refractivity contribution in [3.05, 3.63) is 0 Å². The van der Waals surface area contributed by atoms with E-state index in [9.17, 15) is 114 Å². The molecule has 0 spiro atoms. The molecule has 0 bridgehead atoms. The molecule has 39 nitrogen and oxygen atoms in total. The van der Waals surface area contributed by atoms with Crippen molar-refractivity contribution in [2.75, 3.05) is 32.8 Å². The Morgan fingerprint density at radius 1 is 0.510 bits per heavy atom. The highest BCUT2D eigenvalue weighted by Gasteiger charge is 2.51. The summed E-state index contributed by atoms with van der Waals surface area (Å²) in [4.78, 5) is 163. The second-order valence-electron chi connectivity index (χ2n) is 24.7. The maximum atomic E-state index is 14.5. The molecule has 4 fully saturated rings. The van der Waals surface area contributed by atoms with Crippen LogP contribution in [0.2, 0.25) is 0 Å². The summed E-state index contributed by atoms with van der Waals surface area (Å²) in [5.74, 6) is -13.5. The molecule has 0 aromatic carbocycles. The largest absolute Gasteiger partial charge is 0.480 e. The summed E-state index contributed by atoms with van der Waals surface area (Å²) in [5.41, 5.74) is 5.65. The zero-order valence-corrected chi connectivity index (χ0v) is 54.8. The molecule has 0 saturated carbocycles. The van der Waals surface area contributed by atoms with Crippen LogP contribution >= 0.6 is 0 Å². The highest BCUT2D eigenvalue weighted by molar-refractivity contribution is 5.99. The molecule has 39 heteroatoms. The maximum Gasteiger partial charge on any atom is 0.322 e. The SMILES string of the molecule is CC(=O)N[C@H]1[C@@H](O[C@@H](C)[C@H](NC(=O)[C@@H]2CCCN2C(=O)[C@@H](NC(=O)[C@@H]2CCCN2C(=O)[C@@H](NC(=O)[C@@H](NC(=O)[C@@H](NC(=O)[C@@H](NC(=O)[C@@H](N)[C@@H](C)O)[C@@H](C)O)[C@@H](C)O)C(C)C)[C@@H](C)O)[C@@H](C)O)C(=O)NCC(=O)O)O[C@H](CO[C@@H]2O[C@H](CO)[C@@H](O)[C@H](O)[C@H]2NC(C)=O)[C@H](O)[C@@H]1O. The number of aliphatic carboxylic acids is 1. The third-order valence-corrected chi connectivity index (χ3v) is 16.5. The lowest BCUT2D eigenvalue weighted by Crippen LogP contribution is -2.67. The minimum Gasteiger partial charge on any atom is -0.480 e. The molecule has 4 heterocycles. The van der Waals surface area contributed by atoms with Crippen LogP contribution in [-0.4, -0.2) is 322 Å². The predicted molar refractivity (Wildman–Crippen MR) is 323 cm³/mol. The minimum atomic E-state index is -1.95. The number of carbonyl (C=O) groups excluding carboxylic acids is 11. The predicted octanol–water partition coefficient (Wildman–Crippen LogP) is -11.7. The zero-order chi connectivity index (χ0) is 72.7. The monoisotopic (exact) mass is 1380 g/mol. The van der Waals surface area contributed by atoms with E-state index in [0.29, 0.717) is 0 Å². The van der Waals surface area contributed by atoms with Crippen LogP contribution in [0.1, 0.15) is 94.9 Å². The summed E-state index contributed by atoms with van der Waals surface area (Å²) in [7, 11) is 0. The van der Waals surface area contributed by atoms with E-state index in [1.165, 1.54) is 27.7 Å². The quantitative estimate of drug-likeness (QED) is 0.0297. The molecule has 11 amide bonds. The Morgan fingerprint density at radius 3 is 1.33 bits per heavy atom. The molecular weight excluding hydrogens is 1280 g/mol. The second kappa shape index (κ2) is 36.6. The van der Waals surface area contributed by atoms with Gasteiger partial charge in [0.15, 0.2) is 12.6 Å². The van der Waals surface area contributed by atoms with Crippen molar-refractivity contribution in [3.63, 3.8) is 0 Å². The molecule has 0 aliphatic carbocycles. The Labute approximate surface area is 551 Å². The van der Waals surface area contributed by atoms with E-state index in [0.717, 1.165) is 51.3 Å². The number of aliphatic hydroxyl groups is 10. The van der Waals surface area contributed by atoms with Gasteiger partial charge in [0.2, 0.25) is 65.0 Å². The van der Waals surface area contributed by atoms with Gasteiger partial charge in [-0.05, 0) is 73.1 Å². The average Bonchev–Trinajstić information content (AvgIpc) is 1.13. The van der Waals surface area contributed by atoms with Gasteiger partial charge in [-0.25, -0.2) is 0 Å². The molecule has 22 N–H and O–H groups in total. The van der Waals surface area contributed by atoms with Gasteiger partial charge >= 0.3 is 5.97 Å². The summed E-state index contributed by atoms with van der Waals surface area (Å²) in [5, 5.41) is 137. The standard InChI is InChI=1S/C57H96N12O27/c1-20(2)35(62-52(89)37(23(5)73)64-53(90)36(22(4)72)63-49(86)34(58)21(3)71)51(88)66-39(25(7)75)55(92)68-15-11-13-29(68)47(84)65-38(24(6)74)54(91)69-16-12-14-30(69)48(85)67-40(50(87)59-17-33(78)79)26(8)94-57-42(61-28(10)77)46(83)44(81)32(96-57)19-93-56-41(60-27(9)76)45(82)43(80)31(18-70)95-56/h20-26,29-32,34-46,56-57,70-75,80-83H,11-19,58H2,1-10H3,(H,59,87)(H,60,76)(H,61,77)(H,62,89)(H,63,86)(H,64,90)(H,65,84)(H,66,88)(H,67,85)(H,78,79)/t21-,22-,23-,24-,25-,26+,29+,30+,31-,32-,34+,35+,36+,37+,38+,39+,40+,41-,42-,43-,44+,45-,46-,56-,57+/m1/s1. The van der Waals surface area contributed by atoms with Gasteiger partial charge in [0, 0.05) is 26.9 Å². The Balaban J connectivity index is 1.52. The molecule has 4 aliphatic rings. The van der Waals surface area contributed by atoms with Crippen molar-refractivity contribution in [1.29, 1.82) is 0 Å². The van der Waals surface area contributed by atoms with Gasteiger partial charge in [-0.15, -0.1) is 0 Å². The fourth-order valence-electron chi connectivity index (χ4n) is 11.1. The lowest BCUT2D eigenvalue weighted by molar-refractivity contribution is -0.308. The van der Waals surface area contributed by atoms with Gasteiger partial charge in [-0.3, -0.25) is 57.5 Å². The van der Waals surface area contributed by atoms with Crippen molar-refractivity contribution in [3.8, 4) is 0 Å². The van der Waals surface area contributed by atoms with Crippen LogP contribution in [0, 0.1) is 5.92 Å². The number of amides is 11. The van der Waals surface area contributed by atoms with Crippen molar-refractivity contribution in [2.45, 2.75) is 247 Å². The summed E-state index contributed by atoms with van der Waals surface area (Å²) in [6.45, 7) is 9.11. The molecule has 0 radical (unpaired) electrons. The molecule has 25 atom stereocenters. The van der Waals surface area contributed by atoms with Crippen LogP contribution in [-0.2, 0) is 76.5 Å². The van der Waals surface area contributed by atoms with Crippen LogP contribution in [0.4, 0.5) is 0 Å². The molecule has 96 heavy (non-hydrogen) atoms. The Bertz CT molecular complexity index is 2730. The number of carbonyl (C=O) groups is 12. The molecule has 4 rings (SSSR count). The Kier molecular flexibility index (Phi) is 31.0. The van der Waals surface area contributed by atoms with Crippen LogP contribution in [0.15, 0.2) is 0 Å². The van der Waals surface area contributed by atoms with Crippen molar-refractivity contribution in [1.82, 2.24) is 57.7 Å². The van der Waals surface area contributed by atoms with E-state index in [1.54, 1.807) is 0 Å². The second-order valence-corrected chi connectivity index (χ2v) is 24.7. The van der Waals surface area contributed by atoms with Gasteiger partial charge in [-0.1, -0.05) is 13.8 Å². The molecule has 0 aromatic heterocycles. The molecule has 0 unspecified atom stereocenters. The molecule has 4 saturated heterocycles. The third kappa shape index (κ3) is 21.5. The Morgan fingerprint density at radius 2 is 0.906 bits per heavy atom. The smallest absolute Gasteiger partial charge is 0.322 e. The maximum absolute atomic E-state index is 14.5. The molecule has 4 aliphatic heterocycles. The van der Waals surface area contributed by atoms with Gasteiger partial charge in [0.05, 0.1) is 49.8 Å². The normalized spacial score (nSPS) is 28.4. The first kappa shape index (κ1) is 81.5. The van der Waals surface area contributed by atoms with Gasteiger partial charge in [0.1, 0.15) is 110 Å². The average molecular weight is 1380 g/mol. The van der Waals surface area contributed by atoms with E-state index in [1.807, 2.05) is 0 Å². The zero-order valence-electron chi connectivity index (χ0n) is 54.8. The fraction of sp³-hybridized carbons (Fsp3) is 0.789. The first-order chi connectivity index (χ1) is 44.7. The topological polar surface area (TPSA) is 605 Å². The minimum absolute atomic E-state index is 0.0486.